The van der Waals surface area contributed by atoms with Crippen molar-refractivity contribution < 1.29 is 23.1 Å². The second-order valence-corrected chi connectivity index (χ2v) is 6.80. The van der Waals surface area contributed by atoms with E-state index in [1.54, 1.807) is 23.8 Å². The van der Waals surface area contributed by atoms with E-state index in [0.29, 0.717) is 17.1 Å². The van der Waals surface area contributed by atoms with Gasteiger partial charge in [-0.05, 0) is 32.0 Å². The Balaban J connectivity index is 2.10. The number of rotatable bonds is 6. The third-order valence-electron chi connectivity index (χ3n) is 4.23. The number of nitrogens with zero attached hydrogens (tertiary/aromatic N) is 2. The van der Waals surface area contributed by atoms with E-state index in [9.17, 15) is 18.4 Å². The van der Waals surface area contributed by atoms with Gasteiger partial charge in [-0.3, -0.25) is 4.79 Å². The third-order valence-corrected chi connectivity index (χ3v) is 5.05. The Bertz CT molecular complexity index is 1040. The first-order valence-corrected chi connectivity index (χ1v) is 9.27. The summed E-state index contributed by atoms with van der Waals surface area (Å²) in [5.74, 6) is -2.65. The number of carbonyl (C=O) groups is 2. The quantitative estimate of drug-likeness (QED) is 0.636. The van der Waals surface area contributed by atoms with E-state index in [-0.39, 0.29) is 29.3 Å². The lowest BCUT2D eigenvalue weighted by Gasteiger charge is -2.12. The maximum absolute atomic E-state index is 14.1. The van der Waals surface area contributed by atoms with Crippen molar-refractivity contribution in [2.45, 2.75) is 20.4 Å². The van der Waals surface area contributed by atoms with Crippen LogP contribution in [0.15, 0.2) is 29.6 Å². The molecule has 9 heteroatoms. The highest BCUT2D eigenvalue weighted by molar-refractivity contribution is 7.11. The standard InChI is InChI=1S/C19H17F2N3O3S/c1-3-27-19(26)18-23-15(9-28-18)16-7-11(17(22)25)10(2)24(16)8-12-13(20)5-4-6-14(12)21/h4-7,9H,3,8H2,1-2H3,(H2,22,25). The topological polar surface area (TPSA) is 87.2 Å². The highest BCUT2D eigenvalue weighted by Crippen LogP contribution is 2.29. The molecule has 3 rings (SSSR count). The summed E-state index contributed by atoms with van der Waals surface area (Å²) in [5, 5.41) is 1.75. The van der Waals surface area contributed by atoms with Crippen LogP contribution in [0.1, 0.15) is 38.3 Å². The van der Waals surface area contributed by atoms with Crippen molar-refractivity contribution in [1.82, 2.24) is 9.55 Å². The molecule has 0 radical (unpaired) electrons. The Morgan fingerprint density at radius 2 is 1.96 bits per heavy atom. The Hall–Kier alpha value is -3.07. The van der Waals surface area contributed by atoms with Crippen LogP contribution in [0.2, 0.25) is 0 Å². The summed E-state index contributed by atoms with van der Waals surface area (Å²) in [5.41, 5.74) is 6.71. The molecule has 3 aromatic rings. The van der Waals surface area contributed by atoms with Crippen LogP contribution in [0.3, 0.4) is 0 Å². The van der Waals surface area contributed by atoms with E-state index in [2.05, 4.69) is 4.98 Å². The van der Waals surface area contributed by atoms with Crippen LogP contribution in [-0.2, 0) is 11.3 Å². The van der Waals surface area contributed by atoms with Crippen molar-refractivity contribution in [3.8, 4) is 11.4 Å². The number of benzene rings is 1. The van der Waals surface area contributed by atoms with Crippen LogP contribution >= 0.6 is 11.3 Å². The molecule has 0 saturated carbocycles. The molecule has 0 unspecified atom stereocenters. The van der Waals surface area contributed by atoms with Crippen LogP contribution in [-0.4, -0.2) is 28.0 Å². The van der Waals surface area contributed by atoms with Gasteiger partial charge in [0.25, 0.3) is 5.91 Å². The number of carbonyl (C=O) groups excluding carboxylic acids is 2. The minimum atomic E-state index is -0.704. The number of hydrogen-bond donors (Lipinski definition) is 1. The number of thiazole rings is 1. The van der Waals surface area contributed by atoms with Gasteiger partial charge in [-0.25, -0.2) is 18.6 Å². The second kappa shape index (κ2) is 7.89. The summed E-state index contributed by atoms with van der Waals surface area (Å²) in [6, 6.07) is 5.10. The lowest BCUT2D eigenvalue weighted by molar-refractivity contribution is 0.0526. The molecule has 1 amide bonds. The first-order chi connectivity index (χ1) is 13.3. The van der Waals surface area contributed by atoms with E-state index in [1.165, 1.54) is 12.1 Å². The van der Waals surface area contributed by atoms with Crippen molar-refractivity contribution in [3.05, 3.63) is 63.1 Å². The van der Waals surface area contributed by atoms with Gasteiger partial charge in [-0.1, -0.05) is 6.07 Å². The van der Waals surface area contributed by atoms with Gasteiger partial charge in [0, 0.05) is 16.6 Å². The average Bonchev–Trinajstić information content (AvgIpc) is 3.24. The summed E-state index contributed by atoms with van der Waals surface area (Å²) < 4.78 is 34.8. The predicted octanol–water partition coefficient (Wildman–Crippen LogP) is 3.52. The Labute approximate surface area is 163 Å². The monoisotopic (exact) mass is 405 g/mol. The number of amides is 1. The molecule has 0 aliphatic heterocycles. The lowest BCUT2D eigenvalue weighted by atomic mass is 10.2. The normalized spacial score (nSPS) is 10.9. The van der Waals surface area contributed by atoms with Gasteiger partial charge in [0.15, 0.2) is 0 Å². The lowest BCUT2D eigenvalue weighted by Crippen LogP contribution is -2.13. The molecule has 0 fully saturated rings. The third kappa shape index (κ3) is 3.65. The fourth-order valence-corrected chi connectivity index (χ4v) is 3.53. The van der Waals surface area contributed by atoms with Gasteiger partial charge in [0.05, 0.1) is 30.1 Å². The zero-order valence-corrected chi connectivity index (χ0v) is 16.0. The first kappa shape index (κ1) is 19.7. The maximum atomic E-state index is 14.1. The molecular formula is C19H17F2N3O3S. The molecule has 0 spiro atoms. The molecule has 6 nitrogen and oxygen atoms in total. The summed E-state index contributed by atoms with van der Waals surface area (Å²) in [4.78, 5) is 27.9. The molecule has 2 heterocycles. The van der Waals surface area contributed by atoms with E-state index >= 15 is 0 Å². The fraction of sp³-hybridized carbons (Fsp3) is 0.211. The van der Waals surface area contributed by atoms with Crippen molar-refractivity contribution in [2.24, 2.45) is 5.73 Å². The molecule has 1 aromatic carbocycles. The van der Waals surface area contributed by atoms with Crippen LogP contribution < -0.4 is 5.73 Å². The molecular weight excluding hydrogens is 388 g/mol. The average molecular weight is 405 g/mol. The van der Waals surface area contributed by atoms with E-state index in [0.717, 1.165) is 23.5 Å². The van der Waals surface area contributed by atoms with Gasteiger partial charge in [0.1, 0.15) is 11.6 Å². The molecule has 0 atom stereocenters. The molecule has 28 heavy (non-hydrogen) atoms. The molecule has 0 aliphatic rings. The van der Waals surface area contributed by atoms with Crippen molar-refractivity contribution in [1.29, 1.82) is 0 Å². The number of esters is 1. The second-order valence-electron chi connectivity index (χ2n) is 5.94. The number of primary amides is 1. The number of hydrogen-bond acceptors (Lipinski definition) is 5. The largest absolute Gasteiger partial charge is 0.461 e. The molecule has 146 valence electrons. The number of nitrogens with two attached hydrogens (primary N) is 1. The van der Waals surface area contributed by atoms with Gasteiger partial charge >= 0.3 is 5.97 Å². The Morgan fingerprint density at radius 1 is 1.29 bits per heavy atom. The molecule has 2 aromatic heterocycles. The van der Waals surface area contributed by atoms with Crippen molar-refractivity contribution in [3.63, 3.8) is 0 Å². The van der Waals surface area contributed by atoms with E-state index in [1.807, 2.05) is 0 Å². The minimum absolute atomic E-state index is 0.139. The number of halogens is 2. The SMILES string of the molecule is CCOC(=O)c1nc(-c2cc(C(N)=O)c(C)n2Cc2c(F)cccc2F)cs1. The zero-order chi connectivity index (χ0) is 20.4. The first-order valence-electron chi connectivity index (χ1n) is 8.39. The highest BCUT2D eigenvalue weighted by Gasteiger charge is 2.22. The summed E-state index contributed by atoms with van der Waals surface area (Å²) in [6.07, 6.45) is 0. The summed E-state index contributed by atoms with van der Waals surface area (Å²) >= 11 is 1.07. The minimum Gasteiger partial charge on any atom is -0.461 e. The maximum Gasteiger partial charge on any atom is 0.367 e. The fourth-order valence-electron chi connectivity index (χ4n) is 2.83. The van der Waals surface area contributed by atoms with E-state index in [4.69, 9.17) is 10.5 Å². The van der Waals surface area contributed by atoms with Gasteiger partial charge < -0.3 is 15.0 Å². The van der Waals surface area contributed by atoms with Crippen LogP contribution in [0.25, 0.3) is 11.4 Å². The summed E-state index contributed by atoms with van der Waals surface area (Å²) in [7, 11) is 0. The highest BCUT2D eigenvalue weighted by atomic mass is 32.1. The van der Waals surface area contributed by atoms with Crippen LogP contribution in [0.4, 0.5) is 8.78 Å². The van der Waals surface area contributed by atoms with E-state index < -0.39 is 23.5 Å². The summed E-state index contributed by atoms with van der Waals surface area (Å²) in [6.45, 7) is 3.35. The molecule has 0 saturated heterocycles. The number of aromatic nitrogens is 2. The molecule has 0 bridgehead atoms. The Kier molecular flexibility index (Phi) is 5.55. The van der Waals surface area contributed by atoms with Crippen LogP contribution in [0.5, 0.6) is 0 Å². The smallest absolute Gasteiger partial charge is 0.367 e. The molecule has 2 N–H and O–H groups in total. The molecule has 0 aliphatic carbocycles. The zero-order valence-electron chi connectivity index (χ0n) is 15.2. The van der Waals surface area contributed by atoms with Gasteiger partial charge in [0.2, 0.25) is 5.01 Å². The van der Waals surface area contributed by atoms with Crippen molar-refractivity contribution in [2.75, 3.05) is 6.61 Å². The van der Waals surface area contributed by atoms with Gasteiger partial charge in [-0.15, -0.1) is 11.3 Å². The number of ether oxygens (including phenoxy) is 1. The van der Waals surface area contributed by atoms with Crippen molar-refractivity contribution >= 4 is 23.2 Å². The van der Waals surface area contributed by atoms with Crippen LogP contribution in [0, 0.1) is 18.6 Å². The predicted molar refractivity (Wildman–Crippen MR) is 100 cm³/mol. The van der Waals surface area contributed by atoms with Gasteiger partial charge in [-0.2, -0.15) is 0 Å². The Morgan fingerprint density at radius 3 is 2.57 bits per heavy atom.